The second kappa shape index (κ2) is 5.41. The number of ether oxygens (including phenoxy) is 1. The van der Waals surface area contributed by atoms with Crippen LogP contribution in [0.5, 0.6) is 0 Å². The largest absolute Gasteiger partial charge is 0.469 e. The standard InChI is InChI=1S/C13H18N2O4S/c1-9-11(14)4-3-5-12(9)20(17,18)15-7-6-10(8-15)13(16)19-2/h3-5,10H,6-8,14H2,1-2H3. The summed E-state index contributed by atoms with van der Waals surface area (Å²) in [5.41, 5.74) is 6.73. The second-order valence-electron chi connectivity index (χ2n) is 4.84. The maximum Gasteiger partial charge on any atom is 0.310 e. The fourth-order valence-electron chi connectivity index (χ4n) is 2.36. The molecule has 6 nitrogen and oxygen atoms in total. The Bertz CT molecular complexity index is 627. The molecule has 20 heavy (non-hydrogen) atoms. The van der Waals surface area contributed by atoms with Gasteiger partial charge in [0, 0.05) is 18.8 Å². The third-order valence-electron chi connectivity index (χ3n) is 3.63. The van der Waals surface area contributed by atoms with E-state index in [4.69, 9.17) is 5.73 Å². The highest BCUT2D eigenvalue weighted by Crippen LogP contribution is 2.28. The molecule has 1 unspecified atom stereocenters. The first-order valence-corrected chi connectivity index (χ1v) is 7.75. The lowest BCUT2D eigenvalue weighted by atomic mass is 10.1. The van der Waals surface area contributed by atoms with E-state index in [2.05, 4.69) is 4.74 Å². The summed E-state index contributed by atoms with van der Waals surface area (Å²) in [6.07, 6.45) is 0.479. The van der Waals surface area contributed by atoms with Gasteiger partial charge >= 0.3 is 5.97 Å². The van der Waals surface area contributed by atoms with Crippen molar-refractivity contribution >= 4 is 21.7 Å². The predicted molar refractivity (Wildman–Crippen MR) is 74.5 cm³/mol. The van der Waals surface area contributed by atoms with Crippen LogP contribution in [0.15, 0.2) is 23.1 Å². The lowest BCUT2D eigenvalue weighted by Crippen LogP contribution is -2.31. The van der Waals surface area contributed by atoms with Crippen molar-refractivity contribution in [2.75, 3.05) is 25.9 Å². The van der Waals surface area contributed by atoms with Crippen molar-refractivity contribution in [1.29, 1.82) is 0 Å². The minimum Gasteiger partial charge on any atom is -0.469 e. The molecule has 0 amide bonds. The number of carbonyl (C=O) groups is 1. The Morgan fingerprint density at radius 1 is 1.45 bits per heavy atom. The Hall–Kier alpha value is -1.60. The van der Waals surface area contributed by atoms with E-state index in [1.165, 1.54) is 17.5 Å². The average Bonchev–Trinajstić information content (AvgIpc) is 2.91. The first kappa shape index (κ1) is 14.8. The number of nitrogens with two attached hydrogens (primary N) is 1. The molecular formula is C13H18N2O4S. The molecule has 7 heteroatoms. The molecule has 2 N–H and O–H groups in total. The summed E-state index contributed by atoms with van der Waals surface area (Å²) in [4.78, 5) is 11.7. The summed E-state index contributed by atoms with van der Waals surface area (Å²) < 4.78 is 31.1. The highest BCUT2D eigenvalue weighted by atomic mass is 32.2. The zero-order valence-electron chi connectivity index (χ0n) is 11.5. The molecule has 1 atom stereocenters. The monoisotopic (exact) mass is 298 g/mol. The average molecular weight is 298 g/mol. The number of benzene rings is 1. The van der Waals surface area contributed by atoms with Gasteiger partial charge in [-0.25, -0.2) is 8.42 Å². The number of hydrogen-bond acceptors (Lipinski definition) is 5. The number of sulfonamides is 1. The third-order valence-corrected chi connectivity index (χ3v) is 5.64. The maximum absolute atomic E-state index is 12.6. The van der Waals surface area contributed by atoms with Crippen LogP contribution in [0.1, 0.15) is 12.0 Å². The van der Waals surface area contributed by atoms with Crippen LogP contribution in [0.3, 0.4) is 0 Å². The van der Waals surface area contributed by atoms with Gasteiger partial charge in [0.15, 0.2) is 0 Å². The van der Waals surface area contributed by atoms with Crippen LogP contribution < -0.4 is 5.73 Å². The molecule has 1 heterocycles. The van der Waals surface area contributed by atoms with Gasteiger partial charge in [-0.2, -0.15) is 4.31 Å². The SMILES string of the molecule is COC(=O)C1CCN(S(=O)(=O)c2cccc(N)c2C)C1. The van der Waals surface area contributed by atoms with Crippen LogP contribution in [-0.2, 0) is 19.6 Å². The lowest BCUT2D eigenvalue weighted by molar-refractivity contribution is -0.144. The van der Waals surface area contributed by atoms with Crippen LogP contribution in [0.25, 0.3) is 0 Å². The topological polar surface area (TPSA) is 89.7 Å². The van der Waals surface area contributed by atoms with Crippen molar-refractivity contribution in [3.63, 3.8) is 0 Å². The molecule has 1 aliphatic rings. The zero-order valence-corrected chi connectivity index (χ0v) is 12.3. The van der Waals surface area contributed by atoms with E-state index in [0.29, 0.717) is 24.2 Å². The Morgan fingerprint density at radius 3 is 2.80 bits per heavy atom. The van der Waals surface area contributed by atoms with Gasteiger partial charge < -0.3 is 10.5 Å². The van der Waals surface area contributed by atoms with Gasteiger partial charge in [-0.15, -0.1) is 0 Å². The van der Waals surface area contributed by atoms with Crippen molar-refractivity contribution in [3.8, 4) is 0 Å². The first-order chi connectivity index (χ1) is 9.37. The molecule has 1 aliphatic heterocycles. The molecule has 2 rings (SSSR count). The molecule has 0 aliphatic carbocycles. The van der Waals surface area contributed by atoms with Gasteiger partial charge in [0.2, 0.25) is 10.0 Å². The number of anilines is 1. The number of esters is 1. The summed E-state index contributed by atoms with van der Waals surface area (Å²) in [6, 6.07) is 4.81. The quantitative estimate of drug-likeness (QED) is 0.657. The molecule has 110 valence electrons. The van der Waals surface area contributed by atoms with Crippen molar-refractivity contribution in [2.24, 2.45) is 5.92 Å². The van der Waals surface area contributed by atoms with Gasteiger partial charge in [0.1, 0.15) is 0 Å². The van der Waals surface area contributed by atoms with Crippen molar-refractivity contribution in [2.45, 2.75) is 18.2 Å². The summed E-state index contributed by atoms with van der Waals surface area (Å²) in [6.45, 7) is 2.15. The third kappa shape index (κ3) is 2.51. The number of rotatable bonds is 3. The fourth-order valence-corrected chi connectivity index (χ4v) is 4.11. The smallest absolute Gasteiger partial charge is 0.310 e. The van der Waals surface area contributed by atoms with E-state index >= 15 is 0 Å². The molecule has 0 radical (unpaired) electrons. The van der Waals surface area contributed by atoms with E-state index in [1.54, 1.807) is 19.1 Å². The number of methoxy groups -OCH3 is 1. The van der Waals surface area contributed by atoms with Gasteiger partial charge in [-0.3, -0.25) is 4.79 Å². The number of nitrogens with zero attached hydrogens (tertiary/aromatic N) is 1. The molecule has 0 aromatic heterocycles. The van der Waals surface area contributed by atoms with E-state index in [9.17, 15) is 13.2 Å². The minimum atomic E-state index is -3.62. The molecular weight excluding hydrogens is 280 g/mol. The van der Waals surface area contributed by atoms with Crippen LogP contribution in [-0.4, -0.2) is 38.9 Å². The van der Waals surface area contributed by atoms with Crippen molar-refractivity contribution < 1.29 is 17.9 Å². The van der Waals surface area contributed by atoms with E-state index in [0.717, 1.165) is 0 Å². The summed E-state index contributed by atoms with van der Waals surface area (Å²) in [7, 11) is -2.31. The molecule has 1 fully saturated rings. The highest BCUT2D eigenvalue weighted by molar-refractivity contribution is 7.89. The highest BCUT2D eigenvalue weighted by Gasteiger charge is 2.37. The normalized spacial score (nSPS) is 20.0. The Labute approximate surface area is 118 Å². The predicted octanol–water partition coefficient (Wildman–Crippen LogP) is 0.761. The lowest BCUT2D eigenvalue weighted by Gasteiger charge is -2.18. The Balaban J connectivity index is 2.29. The number of nitrogen functional groups attached to an aromatic ring is 1. The van der Waals surface area contributed by atoms with Gasteiger partial charge in [0.05, 0.1) is 17.9 Å². The Kier molecular flexibility index (Phi) is 4.01. The number of hydrogen-bond donors (Lipinski definition) is 1. The minimum absolute atomic E-state index is 0.156. The van der Waals surface area contributed by atoms with Crippen LogP contribution in [0, 0.1) is 12.8 Å². The summed E-state index contributed by atoms with van der Waals surface area (Å²) >= 11 is 0. The molecule has 0 spiro atoms. The van der Waals surface area contributed by atoms with Crippen molar-refractivity contribution in [3.05, 3.63) is 23.8 Å². The van der Waals surface area contributed by atoms with Gasteiger partial charge in [-0.05, 0) is 31.0 Å². The van der Waals surface area contributed by atoms with E-state index < -0.39 is 15.9 Å². The fraction of sp³-hybridized carbons (Fsp3) is 0.462. The number of carbonyl (C=O) groups excluding carboxylic acids is 1. The first-order valence-electron chi connectivity index (χ1n) is 6.31. The molecule has 1 aromatic rings. The molecule has 0 saturated carbocycles. The van der Waals surface area contributed by atoms with Gasteiger partial charge in [0.25, 0.3) is 0 Å². The van der Waals surface area contributed by atoms with Crippen LogP contribution >= 0.6 is 0 Å². The van der Waals surface area contributed by atoms with Crippen LogP contribution in [0.2, 0.25) is 0 Å². The second-order valence-corrected chi connectivity index (χ2v) is 6.75. The zero-order chi connectivity index (χ0) is 14.9. The molecule has 0 bridgehead atoms. The molecule has 1 saturated heterocycles. The van der Waals surface area contributed by atoms with E-state index in [1.807, 2.05) is 0 Å². The summed E-state index contributed by atoms with van der Waals surface area (Å²) in [5, 5.41) is 0. The van der Waals surface area contributed by atoms with E-state index in [-0.39, 0.29) is 17.4 Å². The van der Waals surface area contributed by atoms with Gasteiger partial charge in [-0.1, -0.05) is 6.07 Å². The summed E-state index contributed by atoms with van der Waals surface area (Å²) in [5.74, 6) is -0.761. The van der Waals surface area contributed by atoms with Crippen LogP contribution in [0.4, 0.5) is 5.69 Å². The Morgan fingerprint density at radius 2 is 2.15 bits per heavy atom. The maximum atomic E-state index is 12.6. The molecule has 1 aromatic carbocycles. The van der Waals surface area contributed by atoms with Crippen molar-refractivity contribution in [1.82, 2.24) is 4.31 Å².